The number of hydrogen-bond donors (Lipinski definition) is 0. The van der Waals surface area contributed by atoms with Gasteiger partial charge in [0.15, 0.2) is 0 Å². The Morgan fingerprint density at radius 2 is 1.82 bits per heavy atom. The molecule has 0 unspecified atom stereocenters. The van der Waals surface area contributed by atoms with Crippen LogP contribution in [0.25, 0.3) is 10.9 Å². The molecule has 0 N–H and O–H groups in total. The Balaban J connectivity index is 1.55. The summed E-state index contributed by atoms with van der Waals surface area (Å²) in [5.74, 6) is 0.162. The predicted molar refractivity (Wildman–Crippen MR) is 108 cm³/mol. The number of para-hydroxylation sites is 1. The number of aromatic nitrogens is 1. The molecule has 4 atom stereocenters. The molecule has 5 heteroatoms. The summed E-state index contributed by atoms with van der Waals surface area (Å²) < 4.78 is 0. The zero-order valence-electron chi connectivity index (χ0n) is 16.6. The third-order valence-corrected chi connectivity index (χ3v) is 7.37. The summed E-state index contributed by atoms with van der Waals surface area (Å²) in [6, 6.07) is 12.3. The van der Waals surface area contributed by atoms with Gasteiger partial charge in [-0.25, -0.2) is 4.98 Å². The van der Waals surface area contributed by atoms with E-state index in [1.54, 1.807) is 6.92 Å². The van der Waals surface area contributed by atoms with E-state index in [2.05, 4.69) is 16.8 Å². The average Bonchev–Trinajstić information content (AvgIpc) is 2.81. The molecule has 1 aromatic heterocycles. The van der Waals surface area contributed by atoms with Gasteiger partial charge in [0.2, 0.25) is 5.91 Å². The van der Waals surface area contributed by atoms with E-state index in [1.165, 1.54) is 0 Å². The zero-order valence-corrected chi connectivity index (χ0v) is 16.6. The van der Waals surface area contributed by atoms with Crippen molar-refractivity contribution in [3.8, 4) is 0 Å². The summed E-state index contributed by atoms with van der Waals surface area (Å²) in [7, 11) is 0. The van der Waals surface area contributed by atoms with Gasteiger partial charge in [0.25, 0.3) is 5.91 Å². The van der Waals surface area contributed by atoms with Crippen LogP contribution in [0.5, 0.6) is 0 Å². The number of likely N-dealkylation sites (tertiary alicyclic amines) is 2. The molecule has 1 saturated carbocycles. The number of pyridine rings is 1. The van der Waals surface area contributed by atoms with Crippen LogP contribution in [0.1, 0.15) is 56.4 Å². The first-order chi connectivity index (χ1) is 13.5. The molecular formula is C23H27N3O2. The maximum Gasteiger partial charge on any atom is 0.273 e. The summed E-state index contributed by atoms with van der Waals surface area (Å²) in [5, 5.41) is 1.04. The van der Waals surface area contributed by atoms with E-state index in [4.69, 9.17) is 0 Å². The molecule has 1 aromatic carbocycles. The Hall–Kier alpha value is -2.43. The van der Waals surface area contributed by atoms with Crippen molar-refractivity contribution in [2.24, 2.45) is 5.41 Å². The van der Waals surface area contributed by atoms with Crippen molar-refractivity contribution < 1.29 is 9.59 Å². The fourth-order valence-electron chi connectivity index (χ4n) is 6.14. The van der Waals surface area contributed by atoms with Gasteiger partial charge in [0.1, 0.15) is 5.69 Å². The smallest absolute Gasteiger partial charge is 0.273 e. The molecule has 2 amide bonds. The Labute approximate surface area is 165 Å². The van der Waals surface area contributed by atoms with Crippen molar-refractivity contribution in [3.63, 3.8) is 0 Å². The van der Waals surface area contributed by atoms with Crippen LogP contribution < -0.4 is 0 Å². The number of piperidine rings is 1. The van der Waals surface area contributed by atoms with Gasteiger partial charge in [-0.3, -0.25) is 9.59 Å². The number of rotatable bonds is 1. The Kier molecular flexibility index (Phi) is 3.97. The maximum absolute atomic E-state index is 13.6. The van der Waals surface area contributed by atoms with Gasteiger partial charge >= 0.3 is 0 Å². The normalized spacial score (nSPS) is 31.7. The van der Waals surface area contributed by atoms with E-state index >= 15 is 0 Å². The highest BCUT2D eigenvalue weighted by Crippen LogP contribution is 2.53. The van der Waals surface area contributed by atoms with Gasteiger partial charge in [0.05, 0.1) is 11.6 Å². The van der Waals surface area contributed by atoms with E-state index in [0.29, 0.717) is 12.2 Å². The monoisotopic (exact) mass is 377 g/mol. The number of amides is 2. The van der Waals surface area contributed by atoms with Crippen LogP contribution in [-0.4, -0.2) is 51.3 Å². The molecule has 28 heavy (non-hydrogen) atoms. The summed E-state index contributed by atoms with van der Waals surface area (Å²) in [5.41, 5.74) is 1.35. The molecule has 2 aromatic rings. The van der Waals surface area contributed by atoms with Crippen LogP contribution in [0.15, 0.2) is 36.4 Å². The summed E-state index contributed by atoms with van der Waals surface area (Å²) in [6.07, 6.45) is 5.31. The second kappa shape index (κ2) is 6.29. The van der Waals surface area contributed by atoms with Crippen molar-refractivity contribution in [2.45, 2.75) is 64.1 Å². The van der Waals surface area contributed by atoms with Crippen molar-refractivity contribution >= 4 is 22.7 Å². The first kappa shape index (κ1) is 17.7. The van der Waals surface area contributed by atoms with Crippen LogP contribution in [0.3, 0.4) is 0 Å². The first-order valence-electron chi connectivity index (χ1n) is 10.4. The summed E-state index contributed by atoms with van der Waals surface area (Å²) in [4.78, 5) is 34.8. The second-order valence-corrected chi connectivity index (χ2v) is 8.95. The average molecular weight is 377 g/mol. The van der Waals surface area contributed by atoms with Gasteiger partial charge in [-0.2, -0.15) is 0 Å². The Morgan fingerprint density at radius 3 is 2.61 bits per heavy atom. The molecule has 2 saturated heterocycles. The molecule has 1 aliphatic carbocycles. The van der Waals surface area contributed by atoms with Gasteiger partial charge in [-0.15, -0.1) is 0 Å². The summed E-state index contributed by atoms with van der Waals surface area (Å²) in [6.45, 7) is 4.63. The van der Waals surface area contributed by atoms with Crippen molar-refractivity contribution in [3.05, 3.63) is 42.1 Å². The van der Waals surface area contributed by atoms with E-state index in [-0.39, 0.29) is 35.4 Å². The van der Waals surface area contributed by atoms with E-state index < -0.39 is 0 Å². The SMILES string of the molecule is CC(=O)N1C[C@@H]2C[C@@]3(C)[C@H](CCCC[C@@H]13)N2C(=O)c1ccc2ccccc2n1. The molecule has 5 rings (SSSR count). The second-order valence-electron chi connectivity index (χ2n) is 8.95. The minimum Gasteiger partial charge on any atom is -0.337 e. The third-order valence-electron chi connectivity index (χ3n) is 7.37. The van der Waals surface area contributed by atoms with Crippen LogP contribution in [-0.2, 0) is 4.79 Å². The van der Waals surface area contributed by atoms with Crippen LogP contribution in [0.2, 0.25) is 0 Å². The fraction of sp³-hybridized carbons (Fsp3) is 0.522. The molecule has 146 valence electrons. The minimum atomic E-state index is -0.0163. The highest BCUT2D eigenvalue weighted by molar-refractivity contribution is 5.95. The molecule has 0 spiro atoms. The number of carbonyl (C=O) groups excluding carboxylic acids is 2. The molecular weight excluding hydrogens is 350 g/mol. The molecule has 2 aliphatic heterocycles. The van der Waals surface area contributed by atoms with Crippen molar-refractivity contribution in [1.29, 1.82) is 0 Å². The lowest BCUT2D eigenvalue weighted by molar-refractivity contribution is -0.136. The van der Waals surface area contributed by atoms with E-state index in [1.807, 2.05) is 41.3 Å². The standard InChI is InChI=1S/C23H27N3O2/c1-15(27)25-14-17-13-23(2)20(25)9-5-6-10-21(23)26(17)22(28)19-12-11-16-7-3-4-8-18(16)24-19/h3-4,7-8,11-12,17,20-21H,5-6,9-10,13-14H2,1-2H3/t17-,20+,21-,23+/m0/s1. The topological polar surface area (TPSA) is 53.5 Å². The maximum atomic E-state index is 13.6. The highest BCUT2D eigenvalue weighted by Gasteiger charge is 2.60. The third kappa shape index (κ3) is 2.48. The minimum absolute atomic E-state index is 0.0163. The number of fused-ring (bicyclic) bond motifs is 2. The summed E-state index contributed by atoms with van der Waals surface area (Å²) >= 11 is 0. The quantitative estimate of drug-likeness (QED) is 0.763. The van der Waals surface area contributed by atoms with Gasteiger partial charge in [0, 0.05) is 36.4 Å². The predicted octanol–water partition coefficient (Wildman–Crippen LogP) is 3.63. The largest absolute Gasteiger partial charge is 0.337 e. The zero-order chi connectivity index (χ0) is 19.5. The lowest BCUT2D eigenvalue weighted by Crippen LogP contribution is -2.55. The molecule has 0 radical (unpaired) electrons. The lowest BCUT2D eigenvalue weighted by Gasteiger charge is -2.46. The van der Waals surface area contributed by atoms with Crippen molar-refractivity contribution in [1.82, 2.24) is 14.8 Å². The first-order valence-corrected chi connectivity index (χ1v) is 10.4. The van der Waals surface area contributed by atoms with Crippen molar-refractivity contribution in [2.75, 3.05) is 6.54 Å². The molecule has 2 bridgehead atoms. The fourth-order valence-corrected chi connectivity index (χ4v) is 6.14. The number of benzene rings is 1. The molecule has 3 aliphatic rings. The molecule has 3 fully saturated rings. The van der Waals surface area contributed by atoms with Gasteiger partial charge in [-0.1, -0.05) is 44.0 Å². The van der Waals surface area contributed by atoms with Crippen LogP contribution in [0.4, 0.5) is 0 Å². The van der Waals surface area contributed by atoms with E-state index in [9.17, 15) is 9.59 Å². The van der Waals surface area contributed by atoms with Gasteiger partial charge in [-0.05, 0) is 31.4 Å². The molecule has 5 nitrogen and oxygen atoms in total. The van der Waals surface area contributed by atoms with Gasteiger partial charge < -0.3 is 9.80 Å². The highest BCUT2D eigenvalue weighted by atomic mass is 16.2. The molecule has 3 heterocycles. The number of carbonyl (C=O) groups is 2. The number of hydrogen-bond acceptors (Lipinski definition) is 3. The Morgan fingerprint density at radius 1 is 1.07 bits per heavy atom. The van der Waals surface area contributed by atoms with Crippen LogP contribution >= 0.6 is 0 Å². The van der Waals surface area contributed by atoms with E-state index in [0.717, 1.165) is 43.0 Å². The Bertz CT molecular complexity index is 958. The number of nitrogens with zero attached hydrogens (tertiary/aromatic N) is 3. The lowest BCUT2D eigenvalue weighted by atomic mass is 9.71. The van der Waals surface area contributed by atoms with Crippen LogP contribution in [0, 0.1) is 5.41 Å².